The highest BCUT2D eigenvalue weighted by molar-refractivity contribution is 5.81. The van der Waals surface area contributed by atoms with Crippen molar-refractivity contribution < 1.29 is 13.9 Å². The van der Waals surface area contributed by atoms with E-state index in [0.717, 1.165) is 37.1 Å². The molecular weight excluding hydrogens is 411 g/mol. The molecule has 0 radical (unpaired) electrons. The number of methoxy groups -OCH3 is 1. The summed E-state index contributed by atoms with van der Waals surface area (Å²) in [6.45, 7) is 1.40. The Kier molecular flexibility index (Phi) is 5.28. The number of hydrogen-bond donors (Lipinski definition) is 1. The molecule has 0 spiro atoms. The number of hydrogen-bond acceptors (Lipinski definition) is 4. The van der Waals surface area contributed by atoms with E-state index in [1.807, 2.05) is 29.2 Å². The number of amides is 1. The van der Waals surface area contributed by atoms with E-state index in [-0.39, 0.29) is 23.4 Å². The lowest BCUT2D eigenvalue weighted by molar-refractivity contribution is -0.131. The van der Waals surface area contributed by atoms with Gasteiger partial charge in [0.15, 0.2) is 0 Å². The zero-order valence-electron chi connectivity index (χ0n) is 17.9. The molecule has 1 aliphatic heterocycles. The van der Waals surface area contributed by atoms with E-state index in [1.165, 1.54) is 10.6 Å². The summed E-state index contributed by atoms with van der Waals surface area (Å²) in [5.74, 6) is 1.36. The van der Waals surface area contributed by atoms with Gasteiger partial charge in [0.05, 0.1) is 12.8 Å². The second-order valence-electron chi connectivity index (χ2n) is 8.59. The lowest BCUT2D eigenvalue weighted by Crippen LogP contribution is -2.30. The predicted octanol–water partition coefficient (Wildman–Crippen LogP) is 3.18. The number of H-pyrrole nitrogens is 1. The van der Waals surface area contributed by atoms with E-state index >= 15 is 4.39 Å². The molecule has 32 heavy (non-hydrogen) atoms. The minimum Gasteiger partial charge on any atom is -0.497 e. The molecule has 1 saturated heterocycles. The van der Waals surface area contributed by atoms with Crippen LogP contribution in [0, 0.1) is 17.7 Å². The third kappa shape index (κ3) is 3.92. The number of rotatable bonds is 6. The van der Waals surface area contributed by atoms with Gasteiger partial charge in [-0.25, -0.2) is 18.9 Å². The van der Waals surface area contributed by atoms with Crippen molar-refractivity contribution in [2.24, 2.45) is 11.8 Å². The molecule has 2 heterocycles. The first kappa shape index (κ1) is 20.5. The number of nitrogens with zero attached hydrogens (tertiary/aromatic N) is 3. The van der Waals surface area contributed by atoms with Gasteiger partial charge < -0.3 is 9.64 Å². The number of carbonyl (C=O) groups is 1. The predicted molar refractivity (Wildman–Crippen MR) is 117 cm³/mol. The molecular formula is C24H25FN4O3. The minimum atomic E-state index is -0.500. The highest BCUT2D eigenvalue weighted by atomic mass is 19.1. The first-order chi connectivity index (χ1) is 15.5. The molecule has 8 heteroatoms. The Morgan fingerprint density at radius 3 is 2.59 bits per heavy atom. The fourth-order valence-corrected chi connectivity index (χ4v) is 4.41. The van der Waals surface area contributed by atoms with Crippen LogP contribution in [-0.4, -0.2) is 45.8 Å². The molecule has 1 aromatic heterocycles. The number of ether oxygens (including phenoxy) is 1. The Labute approximate surface area is 184 Å². The Morgan fingerprint density at radius 1 is 1.16 bits per heavy atom. The number of carbonyl (C=O) groups excluding carboxylic acids is 1. The van der Waals surface area contributed by atoms with Gasteiger partial charge in [-0.1, -0.05) is 18.2 Å². The standard InChI is InChI=1S/C24H25FN4O3/c1-32-19-7-4-16(5-8-19)18-6-9-21(20(25)13-18)29-22(26-27-24(29)31)12-15-10-11-28(14-15)23(30)17-2-3-17/h4-9,13,15,17H,2-3,10-12,14H2,1H3,(H,27,31). The summed E-state index contributed by atoms with van der Waals surface area (Å²) in [7, 11) is 1.60. The third-order valence-corrected chi connectivity index (χ3v) is 6.35. The number of benzene rings is 2. The molecule has 1 aliphatic carbocycles. The molecule has 0 bridgehead atoms. The zero-order valence-corrected chi connectivity index (χ0v) is 17.9. The average Bonchev–Trinajstić information content (AvgIpc) is 3.46. The van der Waals surface area contributed by atoms with Crippen molar-refractivity contribution >= 4 is 5.91 Å². The van der Waals surface area contributed by atoms with Crippen LogP contribution in [0.2, 0.25) is 0 Å². The van der Waals surface area contributed by atoms with Crippen LogP contribution < -0.4 is 10.4 Å². The zero-order chi connectivity index (χ0) is 22.2. The van der Waals surface area contributed by atoms with Crippen LogP contribution >= 0.6 is 0 Å². The van der Waals surface area contributed by atoms with Crippen LogP contribution in [0.15, 0.2) is 47.3 Å². The van der Waals surface area contributed by atoms with Crippen LogP contribution in [0.25, 0.3) is 16.8 Å². The quantitative estimate of drug-likeness (QED) is 0.644. The topological polar surface area (TPSA) is 80.2 Å². The smallest absolute Gasteiger partial charge is 0.348 e. The Balaban J connectivity index is 1.36. The Bertz CT molecular complexity index is 1200. The largest absolute Gasteiger partial charge is 0.497 e. The summed E-state index contributed by atoms with van der Waals surface area (Å²) in [4.78, 5) is 26.7. The molecule has 5 rings (SSSR count). The highest BCUT2D eigenvalue weighted by Crippen LogP contribution is 2.33. The number of nitrogens with one attached hydrogen (secondary N) is 1. The molecule has 1 unspecified atom stereocenters. The van der Waals surface area contributed by atoms with Crippen molar-refractivity contribution in [3.8, 4) is 22.6 Å². The van der Waals surface area contributed by atoms with Gasteiger partial charge in [-0.3, -0.25) is 4.79 Å². The number of likely N-dealkylation sites (tertiary alicyclic amines) is 1. The second kappa shape index (κ2) is 8.26. The molecule has 2 aliphatic rings. The van der Waals surface area contributed by atoms with E-state index in [1.54, 1.807) is 19.2 Å². The summed E-state index contributed by atoms with van der Waals surface area (Å²) in [6, 6.07) is 12.2. The summed E-state index contributed by atoms with van der Waals surface area (Å²) in [6.07, 6.45) is 3.35. The molecule has 2 aromatic carbocycles. The molecule has 1 saturated carbocycles. The summed E-state index contributed by atoms with van der Waals surface area (Å²) in [5.41, 5.74) is 1.25. The highest BCUT2D eigenvalue weighted by Gasteiger charge is 2.37. The molecule has 1 amide bonds. The average molecular weight is 436 g/mol. The van der Waals surface area contributed by atoms with Gasteiger partial charge in [0, 0.05) is 25.4 Å². The van der Waals surface area contributed by atoms with Crippen molar-refractivity contribution in [1.29, 1.82) is 0 Å². The fraction of sp³-hybridized carbons (Fsp3) is 0.375. The van der Waals surface area contributed by atoms with Crippen molar-refractivity contribution in [2.75, 3.05) is 20.2 Å². The van der Waals surface area contributed by atoms with E-state index in [0.29, 0.717) is 24.4 Å². The molecule has 7 nitrogen and oxygen atoms in total. The van der Waals surface area contributed by atoms with Crippen LogP contribution in [0.1, 0.15) is 25.1 Å². The summed E-state index contributed by atoms with van der Waals surface area (Å²) in [5, 5.41) is 6.61. The van der Waals surface area contributed by atoms with Gasteiger partial charge in [-0.2, -0.15) is 5.10 Å². The molecule has 1 atom stereocenters. The van der Waals surface area contributed by atoms with Gasteiger partial charge in [-0.05, 0) is 60.6 Å². The maximum Gasteiger partial charge on any atom is 0.348 e. The first-order valence-electron chi connectivity index (χ1n) is 10.9. The maximum absolute atomic E-state index is 15.1. The second-order valence-corrected chi connectivity index (χ2v) is 8.59. The number of halogens is 1. The minimum absolute atomic E-state index is 0.167. The maximum atomic E-state index is 15.1. The van der Waals surface area contributed by atoms with Crippen LogP contribution in [0.4, 0.5) is 4.39 Å². The molecule has 166 valence electrons. The molecule has 2 fully saturated rings. The summed E-state index contributed by atoms with van der Waals surface area (Å²) >= 11 is 0. The van der Waals surface area contributed by atoms with Crippen LogP contribution in [0.3, 0.4) is 0 Å². The van der Waals surface area contributed by atoms with E-state index < -0.39 is 11.5 Å². The van der Waals surface area contributed by atoms with Gasteiger partial charge in [-0.15, -0.1) is 0 Å². The van der Waals surface area contributed by atoms with E-state index in [9.17, 15) is 9.59 Å². The van der Waals surface area contributed by atoms with Gasteiger partial charge in [0.1, 0.15) is 17.4 Å². The SMILES string of the molecule is COc1ccc(-c2ccc(-n3c(CC4CCN(C(=O)C5CC5)C4)n[nH]c3=O)c(F)c2)cc1. The van der Waals surface area contributed by atoms with Gasteiger partial charge in [0.2, 0.25) is 5.91 Å². The van der Waals surface area contributed by atoms with Crippen molar-refractivity contribution in [3.63, 3.8) is 0 Å². The fourth-order valence-electron chi connectivity index (χ4n) is 4.41. The third-order valence-electron chi connectivity index (χ3n) is 6.35. The normalized spacial score (nSPS) is 18.2. The monoisotopic (exact) mass is 436 g/mol. The van der Waals surface area contributed by atoms with E-state index in [2.05, 4.69) is 10.2 Å². The van der Waals surface area contributed by atoms with Crippen molar-refractivity contribution in [1.82, 2.24) is 19.7 Å². The summed E-state index contributed by atoms with van der Waals surface area (Å²) < 4.78 is 21.6. The van der Waals surface area contributed by atoms with Crippen molar-refractivity contribution in [3.05, 3.63) is 64.6 Å². The lowest BCUT2D eigenvalue weighted by Gasteiger charge is -2.16. The van der Waals surface area contributed by atoms with Crippen LogP contribution in [-0.2, 0) is 11.2 Å². The van der Waals surface area contributed by atoms with Crippen LogP contribution in [0.5, 0.6) is 5.75 Å². The Hall–Kier alpha value is -3.42. The first-order valence-corrected chi connectivity index (χ1v) is 10.9. The Morgan fingerprint density at radius 2 is 1.91 bits per heavy atom. The molecule has 1 N–H and O–H groups in total. The van der Waals surface area contributed by atoms with Gasteiger partial charge >= 0.3 is 5.69 Å². The van der Waals surface area contributed by atoms with Crippen molar-refractivity contribution in [2.45, 2.75) is 25.7 Å². The molecule has 3 aromatic rings. The van der Waals surface area contributed by atoms with Gasteiger partial charge in [0.25, 0.3) is 0 Å². The van der Waals surface area contributed by atoms with E-state index in [4.69, 9.17) is 4.74 Å². The lowest BCUT2D eigenvalue weighted by atomic mass is 10.0. The number of aromatic nitrogens is 3. The number of aromatic amines is 1.